The molecule has 0 spiro atoms. The summed E-state index contributed by atoms with van der Waals surface area (Å²) in [7, 11) is 1.83. The summed E-state index contributed by atoms with van der Waals surface area (Å²) in [4.78, 5) is 26.1. The van der Waals surface area contributed by atoms with Gasteiger partial charge in [0.05, 0.1) is 7.05 Å². The van der Waals surface area contributed by atoms with Crippen molar-refractivity contribution < 1.29 is 14.5 Å². The Hall–Kier alpha value is -2.02. The Morgan fingerprint density at radius 2 is 1.67 bits per heavy atom. The van der Waals surface area contributed by atoms with Crippen molar-refractivity contribution in [3.63, 3.8) is 0 Å². The van der Waals surface area contributed by atoms with E-state index in [4.69, 9.17) is 11.6 Å². The van der Waals surface area contributed by atoms with Crippen molar-refractivity contribution in [3.05, 3.63) is 59.6 Å². The predicted octanol–water partition coefficient (Wildman–Crippen LogP) is 2.09. The largest absolute Gasteiger partial charge is 0.351 e. The number of likely N-dealkylation sites (N-methyl/N-ethyl adjacent to an activating group) is 1. The summed E-state index contributed by atoms with van der Waals surface area (Å²) in [6, 6.07) is 17.1. The molecule has 0 saturated carbocycles. The van der Waals surface area contributed by atoms with E-state index in [2.05, 4.69) is 22.8 Å². The maximum absolute atomic E-state index is 12.0. The fourth-order valence-corrected chi connectivity index (χ4v) is 3.42. The molecular formula is C20H25ClN3O2S+. The van der Waals surface area contributed by atoms with Crippen LogP contribution in [0.1, 0.15) is 6.42 Å². The number of hydrogen-bond acceptors (Lipinski definition) is 3. The molecule has 5 nitrogen and oxygen atoms in total. The van der Waals surface area contributed by atoms with Crippen LogP contribution in [0.4, 0.5) is 5.69 Å². The third-order valence-electron chi connectivity index (χ3n) is 3.71. The number of thioether (sulfide) groups is 1. The van der Waals surface area contributed by atoms with Crippen LogP contribution in [0.15, 0.2) is 59.5 Å². The van der Waals surface area contributed by atoms with E-state index in [1.807, 2.05) is 25.2 Å². The van der Waals surface area contributed by atoms with Crippen molar-refractivity contribution in [2.75, 3.05) is 37.8 Å². The summed E-state index contributed by atoms with van der Waals surface area (Å²) in [5, 5.41) is 6.33. The third-order valence-corrected chi connectivity index (χ3v) is 5.06. The van der Waals surface area contributed by atoms with Crippen LogP contribution in [0.25, 0.3) is 0 Å². The summed E-state index contributed by atoms with van der Waals surface area (Å²) in [5.74, 6) is 0.773. The quantitative estimate of drug-likeness (QED) is 0.418. The standard InChI is InChI=1S/C20H24ClN3O2S/c1-24(15-20(26)23-17-10-8-16(21)9-11-17)14-19(25)22-12-5-13-27-18-6-3-2-4-7-18/h2-4,6-11H,5,12-15H2,1H3,(H,22,25)(H,23,26)/p+1. The van der Waals surface area contributed by atoms with Crippen molar-refractivity contribution >= 4 is 40.9 Å². The van der Waals surface area contributed by atoms with Crippen molar-refractivity contribution in [1.29, 1.82) is 0 Å². The van der Waals surface area contributed by atoms with Gasteiger partial charge in [-0.2, -0.15) is 0 Å². The average molecular weight is 407 g/mol. The minimum Gasteiger partial charge on any atom is -0.351 e. The van der Waals surface area contributed by atoms with E-state index >= 15 is 0 Å². The number of carbonyl (C=O) groups excluding carboxylic acids is 2. The zero-order valence-electron chi connectivity index (χ0n) is 15.3. The van der Waals surface area contributed by atoms with Crippen LogP contribution in [0, 0.1) is 0 Å². The van der Waals surface area contributed by atoms with Crippen LogP contribution < -0.4 is 15.5 Å². The van der Waals surface area contributed by atoms with E-state index in [0.717, 1.165) is 17.1 Å². The maximum Gasteiger partial charge on any atom is 0.279 e. The number of halogens is 1. The van der Waals surface area contributed by atoms with Gasteiger partial charge in [-0.25, -0.2) is 0 Å². The van der Waals surface area contributed by atoms with Gasteiger partial charge in [-0.15, -0.1) is 11.8 Å². The molecule has 1 unspecified atom stereocenters. The second kappa shape index (κ2) is 11.6. The van der Waals surface area contributed by atoms with Crippen LogP contribution in [0.5, 0.6) is 0 Å². The van der Waals surface area contributed by atoms with Crippen molar-refractivity contribution in [2.24, 2.45) is 0 Å². The molecule has 0 fully saturated rings. The van der Waals surface area contributed by atoms with E-state index in [1.165, 1.54) is 4.90 Å². The number of anilines is 1. The van der Waals surface area contributed by atoms with E-state index in [0.29, 0.717) is 17.3 Å². The first-order chi connectivity index (χ1) is 13.0. The summed E-state index contributed by atoms with van der Waals surface area (Å²) < 4.78 is 0. The molecule has 3 N–H and O–H groups in total. The molecule has 27 heavy (non-hydrogen) atoms. The number of rotatable bonds is 10. The van der Waals surface area contributed by atoms with Gasteiger partial charge >= 0.3 is 0 Å². The number of carbonyl (C=O) groups is 2. The fourth-order valence-electron chi connectivity index (χ4n) is 2.42. The van der Waals surface area contributed by atoms with Crippen LogP contribution >= 0.6 is 23.4 Å². The van der Waals surface area contributed by atoms with E-state index in [-0.39, 0.29) is 24.9 Å². The van der Waals surface area contributed by atoms with Crippen molar-refractivity contribution in [3.8, 4) is 0 Å². The molecule has 0 aliphatic rings. The monoisotopic (exact) mass is 406 g/mol. The molecule has 2 rings (SSSR count). The Morgan fingerprint density at radius 1 is 1.00 bits per heavy atom. The van der Waals surface area contributed by atoms with Gasteiger partial charge in [0.25, 0.3) is 11.8 Å². The van der Waals surface area contributed by atoms with Gasteiger partial charge in [0.1, 0.15) is 0 Å². The molecule has 1 atom stereocenters. The van der Waals surface area contributed by atoms with Gasteiger partial charge in [0.15, 0.2) is 13.1 Å². The van der Waals surface area contributed by atoms with Gasteiger partial charge in [0, 0.05) is 22.2 Å². The summed E-state index contributed by atoms with van der Waals surface area (Å²) in [5.41, 5.74) is 0.692. The first-order valence-electron chi connectivity index (χ1n) is 8.84. The topological polar surface area (TPSA) is 62.6 Å². The molecular weight excluding hydrogens is 382 g/mol. The van der Waals surface area contributed by atoms with Crippen LogP contribution in [0.2, 0.25) is 5.02 Å². The van der Waals surface area contributed by atoms with Gasteiger partial charge < -0.3 is 15.5 Å². The lowest BCUT2D eigenvalue weighted by Crippen LogP contribution is -3.11. The lowest BCUT2D eigenvalue weighted by molar-refractivity contribution is -0.862. The van der Waals surface area contributed by atoms with E-state index in [1.54, 1.807) is 36.0 Å². The second-order valence-corrected chi connectivity index (χ2v) is 7.84. The lowest BCUT2D eigenvalue weighted by Gasteiger charge is -2.13. The smallest absolute Gasteiger partial charge is 0.279 e. The van der Waals surface area contributed by atoms with Crippen LogP contribution in [0.3, 0.4) is 0 Å². The Morgan fingerprint density at radius 3 is 2.37 bits per heavy atom. The Labute approximate surface area is 169 Å². The van der Waals surface area contributed by atoms with Crippen LogP contribution in [-0.4, -0.2) is 44.2 Å². The number of amides is 2. The van der Waals surface area contributed by atoms with Gasteiger partial charge in [-0.1, -0.05) is 29.8 Å². The molecule has 0 saturated heterocycles. The zero-order valence-corrected chi connectivity index (χ0v) is 16.9. The summed E-state index contributed by atoms with van der Waals surface area (Å²) in [6.45, 7) is 1.13. The molecule has 0 radical (unpaired) electrons. The van der Waals surface area contributed by atoms with Crippen LogP contribution in [-0.2, 0) is 9.59 Å². The number of hydrogen-bond donors (Lipinski definition) is 3. The SMILES string of the molecule is C[NH+](CC(=O)NCCCSc1ccccc1)CC(=O)Nc1ccc(Cl)cc1. The molecule has 2 aromatic carbocycles. The second-order valence-electron chi connectivity index (χ2n) is 6.23. The minimum absolute atomic E-state index is 0.0449. The average Bonchev–Trinajstić information content (AvgIpc) is 2.64. The third kappa shape index (κ3) is 8.95. The zero-order chi connectivity index (χ0) is 19.5. The lowest BCUT2D eigenvalue weighted by atomic mass is 10.3. The highest BCUT2D eigenvalue weighted by Gasteiger charge is 2.14. The molecule has 0 aliphatic carbocycles. The normalized spacial score (nSPS) is 11.6. The molecule has 2 aromatic rings. The Bertz CT molecular complexity index is 726. The maximum atomic E-state index is 12.0. The predicted molar refractivity (Wildman–Crippen MR) is 111 cm³/mol. The summed E-state index contributed by atoms with van der Waals surface area (Å²) in [6.07, 6.45) is 0.904. The number of quaternary nitrogens is 1. The Balaban J connectivity index is 1.57. The molecule has 144 valence electrons. The number of nitrogens with one attached hydrogen (secondary N) is 3. The highest BCUT2D eigenvalue weighted by molar-refractivity contribution is 7.99. The van der Waals surface area contributed by atoms with Gasteiger partial charge in [-0.3, -0.25) is 9.59 Å². The fraction of sp³-hybridized carbons (Fsp3) is 0.300. The van der Waals surface area contributed by atoms with E-state index in [9.17, 15) is 9.59 Å². The first kappa shape index (κ1) is 21.3. The molecule has 0 bridgehead atoms. The minimum atomic E-state index is -0.137. The van der Waals surface area contributed by atoms with Crippen molar-refractivity contribution in [1.82, 2.24) is 5.32 Å². The highest BCUT2D eigenvalue weighted by atomic mass is 35.5. The van der Waals surface area contributed by atoms with Crippen molar-refractivity contribution in [2.45, 2.75) is 11.3 Å². The number of benzene rings is 2. The highest BCUT2D eigenvalue weighted by Crippen LogP contribution is 2.17. The summed E-state index contributed by atoms with van der Waals surface area (Å²) >= 11 is 7.60. The molecule has 0 heterocycles. The molecule has 0 aromatic heterocycles. The Kier molecular flexibility index (Phi) is 9.18. The van der Waals surface area contributed by atoms with Gasteiger partial charge in [-0.05, 0) is 48.6 Å². The molecule has 2 amide bonds. The van der Waals surface area contributed by atoms with E-state index < -0.39 is 0 Å². The first-order valence-corrected chi connectivity index (χ1v) is 10.2. The van der Waals surface area contributed by atoms with Gasteiger partial charge in [0.2, 0.25) is 0 Å². The molecule has 0 aliphatic heterocycles. The molecule has 7 heteroatoms.